The normalized spacial score (nSPS) is 25.5. The molecule has 1 N–H and O–H groups in total. The van der Waals surface area contributed by atoms with Crippen LogP contribution in [0.3, 0.4) is 0 Å². The molecule has 1 saturated heterocycles. The first-order valence-corrected chi connectivity index (χ1v) is 11.6. The van der Waals surface area contributed by atoms with Crippen LogP contribution in [0.5, 0.6) is 5.75 Å². The number of hydrogen-bond donors (Lipinski definition) is 1. The molecule has 1 fully saturated rings. The Hall–Kier alpha value is -2.00. The fourth-order valence-electron chi connectivity index (χ4n) is 5.98. The van der Waals surface area contributed by atoms with Gasteiger partial charge < -0.3 is 10.1 Å². The van der Waals surface area contributed by atoms with Gasteiger partial charge in [-0.05, 0) is 95.1 Å². The van der Waals surface area contributed by atoms with Crippen LogP contribution in [0.25, 0.3) is 0 Å². The van der Waals surface area contributed by atoms with Gasteiger partial charge in [0.15, 0.2) is 0 Å². The van der Waals surface area contributed by atoms with Crippen LogP contribution in [0.1, 0.15) is 67.3 Å². The maximum atomic E-state index is 6.74. The maximum absolute atomic E-state index is 6.74. The summed E-state index contributed by atoms with van der Waals surface area (Å²) in [5, 5.41) is 3.78. The molecule has 5 rings (SSSR count). The van der Waals surface area contributed by atoms with E-state index in [1.807, 2.05) is 0 Å². The second-order valence-corrected chi connectivity index (χ2v) is 10.8. The summed E-state index contributed by atoms with van der Waals surface area (Å²) in [6, 6.07) is 11.0. The van der Waals surface area contributed by atoms with Gasteiger partial charge in [-0.2, -0.15) is 0 Å². The zero-order valence-electron chi connectivity index (χ0n) is 19.3. The summed E-state index contributed by atoms with van der Waals surface area (Å²) in [4.78, 5) is 2.63. The van der Waals surface area contributed by atoms with Crippen molar-refractivity contribution in [1.29, 1.82) is 0 Å². The summed E-state index contributed by atoms with van der Waals surface area (Å²) in [6.07, 6.45) is 4.62. The lowest BCUT2D eigenvalue weighted by molar-refractivity contribution is 0.0523. The van der Waals surface area contributed by atoms with Crippen molar-refractivity contribution in [2.45, 2.75) is 77.4 Å². The molecule has 30 heavy (non-hydrogen) atoms. The molecule has 0 aromatic heterocycles. The van der Waals surface area contributed by atoms with E-state index < -0.39 is 0 Å². The van der Waals surface area contributed by atoms with Gasteiger partial charge in [0, 0.05) is 29.8 Å². The number of piperidine rings is 1. The minimum atomic E-state index is -0.124. The van der Waals surface area contributed by atoms with E-state index in [4.69, 9.17) is 4.74 Å². The molecule has 2 aromatic rings. The molecule has 0 saturated carbocycles. The third-order valence-corrected chi connectivity index (χ3v) is 7.62. The highest BCUT2D eigenvalue weighted by atomic mass is 16.5. The van der Waals surface area contributed by atoms with E-state index in [2.05, 4.69) is 75.2 Å². The quantitative estimate of drug-likeness (QED) is 0.718. The Kier molecular flexibility index (Phi) is 4.66. The van der Waals surface area contributed by atoms with Crippen LogP contribution < -0.4 is 10.1 Å². The Balaban J connectivity index is 1.31. The highest BCUT2D eigenvalue weighted by Crippen LogP contribution is 2.49. The standard InChI is InChI=1S/C27H36N2O/c1-18-19(2)25-23(22-15-26(3,4)28-24(18)22)16-27(5,30-25)17-29-13-11-21(12-14-29)20-9-7-6-8-10-20/h6-10,21,28H,11-17H2,1-5H3. The Labute approximate surface area is 181 Å². The lowest BCUT2D eigenvalue weighted by atomic mass is 9.87. The van der Waals surface area contributed by atoms with Crippen LogP contribution in [0.15, 0.2) is 30.3 Å². The van der Waals surface area contributed by atoms with Crippen LogP contribution in [-0.4, -0.2) is 35.7 Å². The average Bonchev–Trinajstić information content (AvgIpc) is 3.24. The van der Waals surface area contributed by atoms with Gasteiger partial charge in [-0.15, -0.1) is 0 Å². The summed E-state index contributed by atoms with van der Waals surface area (Å²) < 4.78 is 6.74. The summed E-state index contributed by atoms with van der Waals surface area (Å²) in [6.45, 7) is 14.8. The van der Waals surface area contributed by atoms with Gasteiger partial charge in [0.05, 0.1) is 0 Å². The van der Waals surface area contributed by atoms with Crippen molar-refractivity contribution in [1.82, 2.24) is 4.90 Å². The van der Waals surface area contributed by atoms with Crippen molar-refractivity contribution in [3.8, 4) is 5.75 Å². The molecule has 0 amide bonds. The van der Waals surface area contributed by atoms with Crippen LogP contribution in [0, 0.1) is 13.8 Å². The molecular formula is C27H36N2O. The Morgan fingerprint density at radius 3 is 2.37 bits per heavy atom. The van der Waals surface area contributed by atoms with Crippen molar-refractivity contribution in [2.24, 2.45) is 0 Å². The second kappa shape index (κ2) is 7.02. The molecule has 2 aromatic carbocycles. The fourth-order valence-corrected chi connectivity index (χ4v) is 5.98. The minimum absolute atomic E-state index is 0.124. The number of hydrogen-bond acceptors (Lipinski definition) is 3. The van der Waals surface area contributed by atoms with Gasteiger partial charge in [-0.1, -0.05) is 30.3 Å². The molecule has 3 heteroatoms. The zero-order chi connectivity index (χ0) is 21.1. The van der Waals surface area contributed by atoms with Crippen LogP contribution >= 0.6 is 0 Å². The molecule has 3 aliphatic heterocycles. The van der Waals surface area contributed by atoms with Crippen LogP contribution in [0.4, 0.5) is 5.69 Å². The van der Waals surface area contributed by atoms with Gasteiger partial charge in [0.25, 0.3) is 0 Å². The first-order valence-electron chi connectivity index (χ1n) is 11.6. The maximum Gasteiger partial charge on any atom is 0.127 e. The van der Waals surface area contributed by atoms with Gasteiger partial charge in [-0.3, -0.25) is 4.90 Å². The number of ether oxygens (including phenoxy) is 1. The summed E-state index contributed by atoms with van der Waals surface area (Å²) in [5.74, 6) is 1.88. The number of anilines is 1. The van der Waals surface area contributed by atoms with E-state index in [1.54, 1.807) is 0 Å². The predicted molar refractivity (Wildman–Crippen MR) is 125 cm³/mol. The molecule has 1 atom stereocenters. The highest BCUT2D eigenvalue weighted by molar-refractivity contribution is 5.73. The molecule has 0 spiro atoms. The Morgan fingerprint density at radius 1 is 0.967 bits per heavy atom. The number of rotatable bonds is 3. The molecular weight excluding hydrogens is 368 g/mol. The van der Waals surface area contributed by atoms with E-state index in [9.17, 15) is 0 Å². The van der Waals surface area contributed by atoms with Crippen molar-refractivity contribution < 1.29 is 4.74 Å². The molecule has 1 unspecified atom stereocenters. The van der Waals surface area contributed by atoms with Crippen LogP contribution in [-0.2, 0) is 12.8 Å². The van der Waals surface area contributed by atoms with Crippen molar-refractivity contribution in [3.05, 3.63) is 58.1 Å². The lowest BCUT2D eigenvalue weighted by Gasteiger charge is -2.37. The second-order valence-electron chi connectivity index (χ2n) is 10.8. The van der Waals surface area contributed by atoms with E-state index in [1.165, 1.54) is 65.2 Å². The topological polar surface area (TPSA) is 24.5 Å². The van der Waals surface area contributed by atoms with E-state index in [0.29, 0.717) is 5.92 Å². The monoisotopic (exact) mass is 404 g/mol. The Bertz CT molecular complexity index is 957. The minimum Gasteiger partial charge on any atom is -0.485 e. The largest absolute Gasteiger partial charge is 0.485 e. The third kappa shape index (κ3) is 3.41. The molecule has 0 radical (unpaired) electrons. The van der Waals surface area contributed by atoms with Crippen molar-refractivity contribution >= 4 is 5.69 Å². The highest BCUT2D eigenvalue weighted by Gasteiger charge is 2.43. The van der Waals surface area contributed by atoms with E-state index in [0.717, 1.165) is 19.4 Å². The van der Waals surface area contributed by atoms with E-state index >= 15 is 0 Å². The Morgan fingerprint density at radius 2 is 1.67 bits per heavy atom. The first kappa shape index (κ1) is 19.9. The number of likely N-dealkylation sites (tertiary alicyclic amines) is 1. The molecule has 0 aliphatic carbocycles. The van der Waals surface area contributed by atoms with Gasteiger partial charge in [0.2, 0.25) is 0 Å². The smallest absolute Gasteiger partial charge is 0.127 e. The van der Waals surface area contributed by atoms with Crippen LogP contribution in [0.2, 0.25) is 0 Å². The average molecular weight is 405 g/mol. The molecule has 0 bridgehead atoms. The zero-order valence-corrected chi connectivity index (χ0v) is 19.3. The van der Waals surface area contributed by atoms with E-state index in [-0.39, 0.29) is 11.1 Å². The van der Waals surface area contributed by atoms with Crippen molar-refractivity contribution in [3.63, 3.8) is 0 Å². The number of benzene rings is 2. The van der Waals surface area contributed by atoms with Gasteiger partial charge in [0.1, 0.15) is 11.4 Å². The number of nitrogens with zero attached hydrogens (tertiary/aromatic N) is 1. The molecule has 3 nitrogen and oxygen atoms in total. The lowest BCUT2D eigenvalue weighted by Crippen LogP contribution is -2.47. The first-order chi connectivity index (χ1) is 14.2. The molecule has 3 aliphatic rings. The van der Waals surface area contributed by atoms with Gasteiger partial charge >= 0.3 is 0 Å². The van der Waals surface area contributed by atoms with Gasteiger partial charge in [-0.25, -0.2) is 0 Å². The number of fused-ring (bicyclic) bond motifs is 3. The van der Waals surface area contributed by atoms with Crippen molar-refractivity contribution in [2.75, 3.05) is 25.0 Å². The molecule has 160 valence electrons. The third-order valence-electron chi connectivity index (χ3n) is 7.62. The molecule has 3 heterocycles. The predicted octanol–water partition coefficient (Wildman–Crippen LogP) is 5.62. The summed E-state index contributed by atoms with van der Waals surface area (Å²) in [7, 11) is 0. The number of nitrogens with one attached hydrogen (secondary N) is 1. The fraction of sp³-hybridized carbons (Fsp3) is 0.556. The summed E-state index contributed by atoms with van der Waals surface area (Å²) >= 11 is 0. The SMILES string of the molecule is Cc1c(C)c2c(c3c1NC(C)(C)C3)CC(C)(CN1CCC(c3ccccc3)CC1)O2. The summed E-state index contributed by atoms with van der Waals surface area (Å²) in [5.41, 5.74) is 8.53.